The summed E-state index contributed by atoms with van der Waals surface area (Å²) >= 11 is 0. The van der Waals surface area contributed by atoms with E-state index in [1.165, 1.54) is 5.56 Å². The molecule has 1 unspecified atom stereocenters. The minimum atomic E-state index is 0.124. The van der Waals surface area contributed by atoms with Crippen LogP contribution in [0.25, 0.3) is 0 Å². The maximum atomic E-state index is 11.9. The van der Waals surface area contributed by atoms with E-state index in [1.54, 1.807) is 0 Å². The second kappa shape index (κ2) is 5.83. The van der Waals surface area contributed by atoms with Crippen LogP contribution in [0.5, 0.6) is 0 Å². The molecule has 1 N–H and O–H groups in total. The molecule has 2 fully saturated rings. The van der Waals surface area contributed by atoms with Gasteiger partial charge in [0.25, 0.3) is 0 Å². The number of carbonyl (C=O) groups excluding carboxylic acids is 1. The first-order chi connectivity index (χ1) is 9.74. The molecule has 0 radical (unpaired) electrons. The summed E-state index contributed by atoms with van der Waals surface area (Å²) < 4.78 is 0. The van der Waals surface area contributed by atoms with Gasteiger partial charge in [-0.2, -0.15) is 0 Å². The SMILES string of the molecule is CC1CNC(=O)N1C1CCN(Cc2ccccc2)CC1. The lowest BCUT2D eigenvalue weighted by atomic mass is 10.0. The summed E-state index contributed by atoms with van der Waals surface area (Å²) in [5, 5.41) is 2.94. The third-order valence-corrected chi connectivity index (χ3v) is 4.46. The van der Waals surface area contributed by atoms with E-state index in [-0.39, 0.29) is 6.03 Å². The highest BCUT2D eigenvalue weighted by molar-refractivity contribution is 5.77. The molecule has 3 rings (SSSR count). The number of nitrogens with one attached hydrogen (secondary N) is 1. The Balaban J connectivity index is 1.53. The highest BCUT2D eigenvalue weighted by Gasteiger charge is 2.35. The number of hydrogen-bond acceptors (Lipinski definition) is 2. The van der Waals surface area contributed by atoms with Crippen LogP contribution >= 0.6 is 0 Å². The van der Waals surface area contributed by atoms with E-state index in [0.717, 1.165) is 39.0 Å². The zero-order valence-corrected chi connectivity index (χ0v) is 12.1. The van der Waals surface area contributed by atoms with Crippen molar-refractivity contribution in [1.82, 2.24) is 15.1 Å². The zero-order valence-electron chi connectivity index (χ0n) is 12.1. The normalized spacial score (nSPS) is 24.9. The molecule has 4 nitrogen and oxygen atoms in total. The standard InChI is InChI=1S/C16H23N3O/c1-13-11-17-16(20)19(13)15-7-9-18(10-8-15)12-14-5-3-2-4-6-14/h2-6,13,15H,7-12H2,1H3,(H,17,20). The lowest BCUT2D eigenvalue weighted by Crippen LogP contribution is -2.48. The average Bonchev–Trinajstić information content (AvgIpc) is 2.81. The molecule has 2 heterocycles. The molecule has 0 bridgehead atoms. The Morgan fingerprint density at radius 1 is 1.20 bits per heavy atom. The van der Waals surface area contributed by atoms with E-state index >= 15 is 0 Å². The van der Waals surface area contributed by atoms with Gasteiger partial charge in [-0.3, -0.25) is 4.90 Å². The number of urea groups is 1. The first-order valence-electron chi connectivity index (χ1n) is 7.56. The van der Waals surface area contributed by atoms with E-state index < -0.39 is 0 Å². The van der Waals surface area contributed by atoms with E-state index in [9.17, 15) is 4.79 Å². The summed E-state index contributed by atoms with van der Waals surface area (Å²) in [7, 11) is 0. The van der Waals surface area contributed by atoms with Gasteiger partial charge in [-0.1, -0.05) is 30.3 Å². The maximum Gasteiger partial charge on any atom is 0.318 e. The first-order valence-corrected chi connectivity index (χ1v) is 7.56. The summed E-state index contributed by atoms with van der Waals surface area (Å²) in [6, 6.07) is 11.5. The largest absolute Gasteiger partial charge is 0.336 e. The minimum absolute atomic E-state index is 0.124. The Morgan fingerprint density at radius 2 is 1.90 bits per heavy atom. The number of benzene rings is 1. The van der Waals surface area contributed by atoms with Gasteiger partial charge in [0.15, 0.2) is 0 Å². The van der Waals surface area contributed by atoms with Crippen molar-refractivity contribution in [3.8, 4) is 0 Å². The van der Waals surface area contributed by atoms with Crippen molar-refractivity contribution in [2.24, 2.45) is 0 Å². The van der Waals surface area contributed by atoms with Crippen molar-refractivity contribution < 1.29 is 4.79 Å². The van der Waals surface area contributed by atoms with Gasteiger partial charge >= 0.3 is 6.03 Å². The third kappa shape index (κ3) is 2.80. The molecular formula is C16H23N3O. The molecule has 1 aromatic rings. The summed E-state index contributed by atoms with van der Waals surface area (Å²) in [6.07, 6.45) is 2.18. The van der Waals surface area contributed by atoms with E-state index in [1.807, 2.05) is 0 Å². The van der Waals surface area contributed by atoms with Crippen LogP contribution < -0.4 is 5.32 Å². The van der Waals surface area contributed by atoms with Gasteiger partial charge in [0.05, 0.1) is 0 Å². The van der Waals surface area contributed by atoms with Crippen LogP contribution in [0.2, 0.25) is 0 Å². The molecule has 2 aliphatic heterocycles. The van der Waals surface area contributed by atoms with Gasteiger partial charge in [-0.05, 0) is 25.3 Å². The smallest absolute Gasteiger partial charge is 0.318 e. The predicted octanol–water partition coefficient (Wildman–Crippen LogP) is 2.06. The van der Waals surface area contributed by atoms with Gasteiger partial charge in [-0.15, -0.1) is 0 Å². The van der Waals surface area contributed by atoms with E-state index in [0.29, 0.717) is 12.1 Å². The number of carbonyl (C=O) groups is 1. The van der Waals surface area contributed by atoms with E-state index in [4.69, 9.17) is 0 Å². The number of piperidine rings is 1. The lowest BCUT2D eigenvalue weighted by Gasteiger charge is -2.38. The van der Waals surface area contributed by atoms with Crippen molar-refractivity contribution in [1.29, 1.82) is 0 Å². The molecular weight excluding hydrogens is 250 g/mol. The van der Waals surface area contributed by atoms with Crippen LogP contribution in [0, 0.1) is 0 Å². The van der Waals surface area contributed by atoms with Crippen molar-refractivity contribution in [2.45, 2.75) is 38.4 Å². The van der Waals surface area contributed by atoms with Crippen LogP contribution in [0.4, 0.5) is 4.79 Å². The second-order valence-corrected chi connectivity index (χ2v) is 5.94. The van der Waals surface area contributed by atoms with Crippen LogP contribution in [-0.2, 0) is 6.54 Å². The number of likely N-dealkylation sites (tertiary alicyclic amines) is 1. The van der Waals surface area contributed by atoms with Gasteiger partial charge in [0, 0.05) is 38.3 Å². The summed E-state index contributed by atoms with van der Waals surface area (Å²) in [6.45, 7) is 6.11. The predicted molar refractivity (Wildman–Crippen MR) is 79.4 cm³/mol. The average molecular weight is 273 g/mol. The maximum absolute atomic E-state index is 11.9. The highest BCUT2D eigenvalue weighted by Crippen LogP contribution is 2.22. The van der Waals surface area contributed by atoms with Gasteiger partial charge < -0.3 is 10.2 Å². The van der Waals surface area contributed by atoms with Crippen molar-refractivity contribution in [3.05, 3.63) is 35.9 Å². The van der Waals surface area contributed by atoms with E-state index in [2.05, 4.69) is 52.4 Å². The Hall–Kier alpha value is -1.55. The molecule has 1 atom stereocenters. The molecule has 2 saturated heterocycles. The van der Waals surface area contributed by atoms with Crippen LogP contribution in [0.15, 0.2) is 30.3 Å². The first kappa shape index (κ1) is 13.4. The topological polar surface area (TPSA) is 35.6 Å². The molecule has 0 spiro atoms. The Labute approximate surface area is 120 Å². The van der Waals surface area contributed by atoms with Gasteiger partial charge in [0.2, 0.25) is 0 Å². The molecule has 2 aliphatic rings. The zero-order chi connectivity index (χ0) is 13.9. The fourth-order valence-corrected chi connectivity index (χ4v) is 3.35. The molecule has 108 valence electrons. The number of hydrogen-bond donors (Lipinski definition) is 1. The summed E-state index contributed by atoms with van der Waals surface area (Å²) in [5.74, 6) is 0. The van der Waals surface area contributed by atoms with Crippen LogP contribution in [-0.4, -0.2) is 47.5 Å². The van der Waals surface area contributed by atoms with Gasteiger partial charge in [0.1, 0.15) is 0 Å². The molecule has 20 heavy (non-hydrogen) atoms. The monoisotopic (exact) mass is 273 g/mol. The highest BCUT2D eigenvalue weighted by atomic mass is 16.2. The molecule has 1 aromatic carbocycles. The Kier molecular flexibility index (Phi) is 3.92. The molecule has 4 heteroatoms. The van der Waals surface area contributed by atoms with Crippen molar-refractivity contribution >= 4 is 6.03 Å². The lowest BCUT2D eigenvalue weighted by molar-refractivity contribution is 0.116. The second-order valence-electron chi connectivity index (χ2n) is 5.94. The summed E-state index contributed by atoms with van der Waals surface area (Å²) in [5.41, 5.74) is 1.37. The Bertz CT molecular complexity index is 454. The Morgan fingerprint density at radius 3 is 2.50 bits per heavy atom. The fraction of sp³-hybridized carbons (Fsp3) is 0.562. The molecule has 0 saturated carbocycles. The minimum Gasteiger partial charge on any atom is -0.336 e. The fourth-order valence-electron chi connectivity index (χ4n) is 3.35. The molecule has 0 aliphatic carbocycles. The van der Waals surface area contributed by atoms with Crippen LogP contribution in [0.1, 0.15) is 25.3 Å². The number of nitrogens with zero attached hydrogens (tertiary/aromatic N) is 2. The van der Waals surface area contributed by atoms with Crippen LogP contribution in [0.3, 0.4) is 0 Å². The summed E-state index contributed by atoms with van der Waals surface area (Å²) in [4.78, 5) is 16.4. The number of rotatable bonds is 3. The molecule has 0 aromatic heterocycles. The van der Waals surface area contributed by atoms with Gasteiger partial charge in [-0.25, -0.2) is 4.79 Å². The number of amides is 2. The third-order valence-electron chi connectivity index (χ3n) is 4.46. The van der Waals surface area contributed by atoms with Crippen molar-refractivity contribution in [2.75, 3.05) is 19.6 Å². The van der Waals surface area contributed by atoms with Crippen molar-refractivity contribution in [3.63, 3.8) is 0 Å². The quantitative estimate of drug-likeness (QED) is 0.915. The molecule has 2 amide bonds.